The molecule has 2 aromatic rings. The van der Waals surface area contributed by atoms with E-state index >= 15 is 0 Å². The van der Waals surface area contributed by atoms with Gasteiger partial charge in [0.15, 0.2) is 0 Å². The second-order valence-corrected chi connectivity index (χ2v) is 6.35. The number of hydrogen-bond acceptors (Lipinski definition) is 6. The number of amides is 2. The molecule has 0 radical (unpaired) electrons. The van der Waals surface area contributed by atoms with Crippen molar-refractivity contribution in [3.8, 4) is 5.75 Å². The highest BCUT2D eigenvalue weighted by Gasteiger charge is 2.41. The molecular formula is C19H19N3O5. The van der Waals surface area contributed by atoms with Crippen LogP contribution in [-0.2, 0) is 9.59 Å². The Kier molecular flexibility index (Phi) is 4.81. The molecule has 0 aliphatic carbocycles. The van der Waals surface area contributed by atoms with E-state index in [0.29, 0.717) is 17.1 Å². The molecule has 27 heavy (non-hydrogen) atoms. The lowest BCUT2D eigenvalue weighted by molar-refractivity contribution is -0.384. The Labute approximate surface area is 155 Å². The molecule has 1 saturated heterocycles. The van der Waals surface area contributed by atoms with Gasteiger partial charge in [0.05, 0.1) is 29.8 Å². The number of benzene rings is 2. The van der Waals surface area contributed by atoms with Gasteiger partial charge in [0.2, 0.25) is 5.91 Å². The molecule has 1 N–H and O–H groups in total. The third-order valence-corrected chi connectivity index (χ3v) is 4.53. The van der Waals surface area contributed by atoms with Gasteiger partial charge in [0.25, 0.3) is 11.6 Å². The minimum Gasteiger partial charge on any atom is -0.495 e. The Hall–Kier alpha value is -3.42. The fourth-order valence-corrected chi connectivity index (χ4v) is 3.25. The van der Waals surface area contributed by atoms with Crippen LogP contribution in [0.1, 0.15) is 17.5 Å². The molecule has 8 nitrogen and oxygen atoms in total. The number of anilines is 2. The van der Waals surface area contributed by atoms with Crippen molar-refractivity contribution in [1.29, 1.82) is 0 Å². The van der Waals surface area contributed by atoms with Gasteiger partial charge in [-0.2, -0.15) is 0 Å². The first-order chi connectivity index (χ1) is 12.8. The lowest BCUT2D eigenvalue weighted by atomic mass is 10.1. The second-order valence-electron chi connectivity index (χ2n) is 6.35. The minimum atomic E-state index is -0.826. The average molecular weight is 369 g/mol. The average Bonchev–Trinajstić information content (AvgIpc) is 2.89. The number of nitrogens with zero attached hydrogens (tertiary/aromatic N) is 2. The number of para-hydroxylation sites is 1. The first-order valence-corrected chi connectivity index (χ1v) is 8.35. The van der Waals surface area contributed by atoms with E-state index in [2.05, 4.69) is 5.32 Å². The minimum absolute atomic E-state index is 0.0432. The molecule has 1 unspecified atom stereocenters. The Morgan fingerprint density at radius 3 is 2.44 bits per heavy atom. The van der Waals surface area contributed by atoms with Crippen molar-refractivity contribution in [2.75, 3.05) is 17.3 Å². The van der Waals surface area contributed by atoms with Gasteiger partial charge in [-0.15, -0.1) is 0 Å². The molecule has 1 fully saturated rings. The van der Waals surface area contributed by atoms with Crippen molar-refractivity contribution in [2.45, 2.75) is 26.3 Å². The number of nitro benzene ring substituents is 1. The van der Waals surface area contributed by atoms with E-state index < -0.39 is 16.9 Å². The summed E-state index contributed by atoms with van der Waals surface area (Å²) in [4.78, 5) is 37.1. The largest absolute Gasteiger partial charge is 0.495 e. The fourth-order valence-electron chi connectivity index (χ4n) is 3.25. The number of hydrogen-bond donors (Lipinski definition) is 1. The number of nitrogens with one attached hydrogen (secondary N) is 1. The van der Waals surface area contributed by atoms with Crippen LogP contribution in [0, 0.1) is 24.0 Å². The Morgan fingerprint density at radius 2 is 1.85 bits per heavy atom. The summed E-state index contributed by atoms with van der Waals surface area (Å²) in [7, 11) is 1.43. The lowest BCUT2D eigenvalue weighted by Gasteiger charge is -2.20. The zero-order chi connectivity index (χ0) is 19.7. The number of aryl methyl sites for hydroxylation is 2. The number of carbonyl (C=O) groups is 2. The summed E-state index contributed by atoms with van der Waals surface area (Å²) in [6.07, 6.45) is -0.0432. The maximum Gasteiger partial charge on any atom is 0.271 e. The van der Waals surface area contributed by atoms with E-state index in [4.69, 9.17) is 4.74 Å². The summed E-state index contributed by atoms with van der Waals surface area (Å²) in [6.45, 7) is 3.68. The highest BCUT2D eigenvalue weighted by Crippen LogP contribution is 2.34. The third kappa shape index (κ3) is 3.33. The van der Waals surface area contributed by atoms with Gasteiger partial charge in [-0.05, 0) is 31.0 Å². The monoisotopic (exact) mass is 369 g/mol. The van der Waals surface area contributed by atoms with Crippen LogP contribution in [0.5, 0.6) is 5.75 Å². The van der Waals surface area contributed by atoms with Crippen LogP contribution in [-0.4, -0.2) is 29.9 Å². The maximum absolute atomic E-state index is 12.9. The maximum atomic E-state index is 12.9. The molecular weight excluding hydrogens is 350 g/mol. The molecule has 1 aliphatic rings. The van der Waals surface area contributed by atoms with E-state index in [1.54, 1.807) is 0 Å². The summed E-state index contributed by atoms with van der Waals surface area (Å²) in [6, 6.07) is 8.77. The van der Waals surface area contributed by atoms with E-state index in [1.165, 1.54) is 30.2 Å². The summed E-state index contributed by atoms with van der Waals surface area (Å²) in [5, 5.41) is 14.0. The van der Waals surface area contributed by atoms with E-state index in [9.17, 15) is 19.7 Å². The topological polar surface area (TPSA) is 102 Å². The Bertz CT molecular complexity index is 921. The molecule has 3 rings (SSSR count). The van der Waals surface area contributed by atoms with E-state index in [1.807, 2.05) is 32.0 Å². The van der Waals surface area contributed by atoms with Crippen molar-refractivity contribution in [3.63, 3.8) is 0 Å². The zero-order valence-corrected chi connectivity index (χ0v) is 15.2. The molecule has 0 saturated carbocycles. The van der Waals surface area contributed by atoms with Crippen LogP contribution in [0.4, 0.5) is 17.1 Å². The van der Waals surface area contributed by atoms with Crippen molar-refractivity contribution in [3.05, 3.63) is 57.6 Å². The fraction of sp³-hybridized carbons (Fsp3) is 0.263. The molecule has 2 amide bonds. The van der Waals surface area contributed by atoms with Crippen molar-refractivity contribution < 1.29 is 19.2 Å². The summed E-state index contributed by atoms with van der Waals surface area (Å²) in [5.41, 5.74) is 2.39. The van der Waals surface area contributed by atoms with Crippen LogP contribution in [0.15, 0.2) is 36.4 Å². The number of nitro groups is 1. The van der Waals surface area contributed by atoms with E-state index in [-0.39, 0.29) is 18.0 Å². The molecule has 8 heteroatoms. The molecule has 140 valence electrons. The normalized spacial score (nSPS) is 16.6. The van der Waals surface area contributed by atoms with Crippen molar-refractivity contribution >= 4 is 28.9 Å². The summed E-state index contributed by atoms with van der Waals surface area (Å²) in [5.74, 6) is -0.364. The number of methoxy groups -OCH3 is 1. The highest BCUT2D eigenvalue weighted by atomic mass is 16.6. The highest BCUT2D eigenvalue weighted by molar-refractivity contribution is 6.23. The van der Waals surface area contributed by atoms with Crippen LogP contribution < -0.4 is 15.0 Å². The summed E-state index contributed by atoms with van der Waals surface area (Å²) < 4.78 is 5.21. The van der Waals surface area contributed by atoms with Gasteiger partial charge < -0.3 is 10.1 Å². The van der Waals surface area contributed by atoms with Gasteiger partial charge in [0.1, 0.15) is 11.8 Å². The van der Waals surface area contributed by atoms with Crippen molar-refractivity contribution in [1.82, 2.24) is 0 Å². The van der Waals surface area contributed by atoms with Gasteiger partial charge in [-0.1, -0.05) is 18.2 Å². The predicted molar refractivity (Wildman–Crippen MR) is 100 cm³/mol. The summed E-state index contributed by atoms with van der Waals surface area (Å²) >= 11 is 0. The zero-order valence-electron chi connectivity index (χ0n) is 15.2. The molecule has 1 heterocycles. The Balaban J connectivity index is 1.92. The molecule has 1 atom stereocenters. The molecule has 1 aliphatic heterocycles. The first-order valence-electron chi connectivity index (χ1n) is 8.35. The van der Waals surface area contributed by atoms with Crippen LogP contribution in [0.3, 0.4) is 0 Å². The molecule has 0 aromatic heterocycles. The van der Waals surface area contributed by atoms with E-state index in [0.717, 1.165) is 11.1 Å². The Morgan fingerprint density at radius 1 is 1.19 bits per heavy atom. The number of rotatable bonds is 5. The number of non-ortho nitro benzene ring substituents is 1. The number of carbonyl (C=O) groups excluding carboxylic acids is 2. The van der Waals surface area contributed by atoms with Crippen molar-refractivity contribution in [2.24, 2.45) is 0 Å². The quantitative estimate of drug-likeness (QED) is 0.494. The van der Waals surface area contributed by atoms with Crippen LogP contribution in [0.25, 0.3) is 0 Å². The second kappa shape index (κ2) is 7.06. The van der Waals surface area contributed by atoms with Gasteiger partial charge >= 0.3 is 0 Å². The smallest absolute Gasteiger partial charge is 0.271 e. The number of ether oxygens (including phenoxy) is 1. The standard InChI is InChI=1S/C19H19N3O5/c1-11-5-4-6-12(2)18(11)21-17(23)10-15(19(21)24)20-14-9-13(22(25)26)7-8-16(14)27-3/h4-9,15,20H,10H2,1-3H3. The third-order valence-electron chi connectivity index (χ3n) is 4.53. The van der Waals surface area contributed by atoms with Gasteiger partial charge in [-0.25, -0.2) is 4.90 Å². The molecule has 2 aromatic carbocycles. The molecule has 0 spiro atoms. The SMILES string of the molecule is COc1ccc([N+](=O)[O-])cc1NC1CC(=O)N(c2c(C)cccc2C)C1=O. The number of imide groups is 1. The van der Waals surface area contributed by atoms with Gasteiger partial charge in [0, 0.05) is 12.1 Å². The van der Waals surface area contributed by atoms with Crippen LogP contribution >= 0.6 is 0 Å². The lowest BCUT2D eigenvalue weighted by Crippen LogP contribution is -2.35. The van der Waals surface area contributed by atoms with Gasteiger partial charge in [-0.3, -0.25) is 19.7 Å². The predicted octanol–water partition coefficient (Wildman–Crippen LogP) is 2.96. The first kappa shape index (κ1) is 18.4. The molecule has 0 bridgehead atoms. The van der Waals surface area contributed by atoms with Crippen LogP contribution in [0.2, 0.25) is 0 Å².